The van der Waals surface area contributed by atoms with E-state index < -0.39 is 5.97 Å². The zero-order chi connectivity index (χ0) is 22.2. The third kappa shape index (κ3) is 6.34. The Kier molecular flexibility index (Phi) is 8.83. The van der Waals surface area contributed by atoms with Crippen LogP contribution in [0.1, 0.15) is 18.1 Å². The number of aliphatic imine (C=N–C) groups is 2. The van der Waals surface area contributed by atoms with E-state index in [2.05, 4.69) is 9.98 Å². The molecule has 3 aromatic carbocycles. The topological polar surface area (TPSA) is 121 Å². The molecular formula is C23H20MnN2O6. The molecule has 1 aliphatic heterocycles. The van der Waals surface area contributed by atoms with Crippen molar-refractivity contribution in [1.82, 2.24) is 0 Å². The molecule has 0 amide bonds. The van der Waals surface area contributed by atoms with Crippen molar-refractivity contribution in [2.45, 2.75) is 6.92 Å². The van der Waals surface area contributed by atoms with Crippen LogP contribution < -0.4 is 9.47 Å². The van der Waals surface area contributed by atoms with E-state index in [1.54, 1.807) is 48.8 Å². The second-order valence-electron chi connectivity index (χ2n) is 6.32. The molecule has 9 heteroatoms. The molecule has 4 bridgehead atoms. The molecule has 0 aromatic heterocycles. The van der Waals surface area contributed by atoms with Gasteiger partial charge in [-0.05, 0) is 36.4 Å². The predicted molar refractivity (Wildman–Crippen MR) is 117 cm³/mol. The average molecular weight is 475 g/mol. The average Bonchev–Trinajstić information content (AvgIpc) is 2.74. The van der Waals surface area contributed by atoms with E-state index >= 15 is 0 Å². The molecule has 0 spiro atoms. The number of hydrogen-bond donors (Lipinski definition) is 3. The normalized spacial score (nSPS) is 11.7. The monoisotopic (exact) mass is 475 g/mol. The summed E-state index contributed by atoms with van der Waals surface area (Å²) in [5.74, 6) is -0.402. The van der Waals surface area contributed by atoms with Gasteiger partial charge in [-0.15, -0.1) is 0 Å². The molecule has 4 rings (SSSR count). The van der Waals surface area contributed by atoms with Crippen LogP contribution in [0.3, 0.4) is 0 Å². The van der Waals surface area contributed by atoms with Crippen LogP contribution >= 0.6 is 0 Å². The standard InChI is InChI=1S/C21H16N2O4.C2H4O2.Mn/c24-20-14-5-3-9-18(20)26-13-27-19-10-4-6-15(21(19)25)12-23-17-8-2-1-7-16(17)22-11-14;1-2(3)4;/h1-12,24-25H,13H2;1H3,(H,3,4);. The van der Waals surface area contributed by atoms with Gasteiger partial charge in [-0.1, -0.05) is 24.3 Å². The van der Waals surface area contributed by atoms with Crippen LogP contribution in [0.25, 0.3) is 0 Å². The smallest absolute Gasteiger partial charge is 0.300 e. The van der Waals surface area contributed by atoms with Gasteiger partial charge in [-0.3, -0.25) is 14.8 Å². The van der Waals surface area contributed by atoms with Crippen molar-refractivity contribution in [3.63, 3.8) is 0 Å². The predicted octanol–water partition coefficient (Wildman–Crippen LogP) is 4.42. The van der Waals surface area contributed by atoms with E-state index in [0.717, 1.165) is 6.92 Å². The Hall–Kier alpha value is -3.81. The van der Waals surface area contributed by atoms with Crippen molar-refractivity contribution >= 4 is 29.8 Å². The van der Waals surface area contributed by atoms with Gasteiger partial charge in [-0.2, -0.15) is 0 Å². The third-order valence-electron chi connectivity index (χ3n) is 4.06. The molecule has 1 radical (unpaired) electrons. The van der Waals surface area contributed by atoms with Crippen LogP contribution in [-0.4, -0.2) is 40.5 Å². The number of benzene rings is 3. The maximum Gasteiger partial charge on any atom is 0.300 e. The number of carbonyl (C=O) groups is 1. The summed E-state index contributed by atoms with van der Waals surface area (Å²) >= 11 is 0. The second-order valence-corrected chi connectivity index (χ2v) is 6.32. The Morgan fingerprint density at radius 1 is 0.781 bits per heavy atom. The number of nitrogens with zero attached hydrogens (tertiary/aromatic N) is 2. The Bertz CT molecular complexity index is 1060. The number of carboxylic acids is 1. The van der Waals surface area contributed by atoms with Gasteiger partial charge in [0.25, 0.3) is 5.97 Å². The zero-order valence-corrected chi connectivity index (χ0v) is 18.2. The summed E-state index contributed by atoms with van der Waals surface area (Å²) in [6.07, 6.45) is 3.10. The van der Waals surface area contributed by atoms with E-state index in [9.17, 15) is 10.2 Å². The molecule has 3 aromatic rings. The summed E-state index contributed by atoms with van der Waals surface area (Å²) in [5.41, 5.74) is 2.26. The van der Waals surface area contributed by atoms with Crippen LogP contribution in [0, 0.1) is 0 Å². The second kappa shape index (κ2) is 11.5. The number of para-hydroxylation sites is 4. The molecule has 0 saturated heterocycles. The summed E-state index contributed by atoms with van der Waals surface area (Å²) in [6.45, 7) is 0.905. The quantitative estimate of drug-likeness (QED) is 0.414. The molecule has 0 fully saturated rings. The first-order valence-corrected chi connectivity index (χ1v) is 9.22. The van der Waals surface area contributed by atoms with Gasteiger partial charge in [0.2, 0.25) is 6.79 Å². The fraction of sp³-hybridized carbons (Fsp3) is 0.0870. The number of aliphatic carboxylic acids is 1. The molecule has 3 N–H and O–H groups in total. The van der Waals surface area contributed by atoms with E-state index in [0.29, 0.717) is 22.5 Å². The summed E-state index contributed by atoms with van der Waals surface area (Å²) in [5, 5.41) is 28.2. The Morgan fingerprint density at radius 2 is 1.19 bits per heavy atom. The minimum absolute atomic E-state index is 0. The van der Waals surface area contributed by atoms with E-state index in [-0.39, 0.29) is 46.9 Å². The number of aromatic hydroxyl groups is 2. The fourth-order valence-corrected chi connectivity index (χ4v) is 2.64. The Balaban J connectivity index is 0.000000672. The van der Waals surface area contributed by atoms with Crippen LogP contribution in [0.2, 0.25) is 0 Å². The number of ether oxygens (including phenoxy) is 2. The summed E-state index contributed by atoms with van der Waals surface area (Å²) in [6, 6.07) is 17.5. The first-order chi connectivity index (χ1) is 15.0. The minimum Gasteiger partial charge on any atom is -0.504 e. The number of hydrogen-bond acceptors (Lipinski definition) is 7. The zero-order valence-electron chi connectivity index (χ0n) is 17.0. The van der Waals surface area contributed by atoms with Gasteiger partial charge < -0.3 is 24.8 Å². The largest absolute Gasteiger partial charge is 0.504 e. The van der Waals surface area contributed by atoms with Gasteiger partial charge in [0.05, 0.1) is 11.4 Å². The van der Waals surface area contributed by atoms with Crippen molar-refractivity contribution in [1.29, 1.82) is 0 Å². The van der Waals surface area contributed by atoms with Gasteiger partial charge in [0.1, 0.15) is 0 Å². The van der Waals surface area contributed by atoms with Gasteiger partial charge >= 0.3 is 0 Å². The molecule has 1 aliphatic rings. The number of rotatable bonds is 0. The van der Waals surface area contributed by atoms with Crippen molar-refractivity contribution in [3.8, 4) is 23.0 Å². The van der Waals surface area contributed by atoms with E-state index in [4.69, 9.17) is 19.4 Å². The molecule has 1 heterocycles. The summed E-state index contributed by atoms with van der Waals surface area (Å²) in [7, 11) is 0. The van der Waals surface area contributed by atoms with Crippen molar-refractivity contribution in [2.24, 2.45) is 9.98 Å². The first kappa shape index (κ1) is 24.5. The fourth-order valence-electron chi connectivity index (χ4n) is 2.64. The molecule has 0 unspecified atom stereocenters. The van der Waals surface area contributed by atoms with Gasteiger partial charge in [-0.25, -0.2) is 0 Å². The van der Waals surface area contributed by atoms with E-state index in [1.165, 1.54) is 0 Å². The summed E-state index contributed by atoms with van der Waals surface area (Å²) < 4.78 is 11.0. The molecular weight excluding hydrogens is 455 g/mol. The third-order valence-corrected chi connectivity index (χ3v) is 4.06. The Morgan fingerprint density at radius 3 is 1.59 bits per heavy atom. The summed E-state index contributed by atoms with van der Waals surface area (Å²) in [4.78, 5) is 17.9. The van der Waals surface area contributed by atoms with Crippen molar-refractivity contribution in [2.75, 3.05) is 6.79 Å². The van der Waals surface area contributed by atoms with E-state index in [1.807, 2.05) is 24.3 Å². The number of phenolic OH excluding ortho intramolecular Hbond substituents is 2. The van der Waals surface area contributed by atoms with Crippen LogP contribution in [-0.2, 0) is 21.9 Å². The molecule has 0 atom stereocenters. The molecule has 32 heavy (non-hydrogen) atoms. The van der Waals surface area contributed by atoms with Crippen molar-refractivity contribution < 1.29 is 46.7 Å². The first-order valence-electron chi connectivity index (χ1n) is 9.22. The Labute approximate surface area is 195 Å². The number of fused-ring (bicyclic) bond motifs is 5. The maximum absolute atomic E-state index is 10.4. The molecule has 8 nitrogen and oxygen atoms in total. The molecule has 0 aliphatic carbocycles. The van der Waals surface area contributed by atoms with Crippen LogP contribution in [0.5, 0.6) is 23.0 Å². The van der Waals surface area contributed by atoms with Crippen LogP contribution in [0.15, 0.2) is 70.6 Å². The van der Waals surface area contributed by atoms with Gasteiger partial charge in [0.15, 0.2) is 23.0 Å². The van der Waals surface area contributed by atoms with Crippen molar-refractivity contribution in [3.05, 3.63) is 71.8 Å². The number of carboxylic acid groups (broad SMARTS) is 1. The molecule has 165 valence electrons. The molecule has 0 saturated carbocycles. The minimum atomic E-state index is -0.833. The SMILES string of the molecule is CC(=O)O.Oc1c2cccc1OCOc1cccc(c1O)C=Nc1ccccc1N=C2.[Mn]. The van der Waals surface area contributed by atoms with Gasteiger partial charge in [0, 0.05) is 47.5 Å². The van der Waals surface area contributed by atoms with Crippen LogP contribution in [0.4, 0.5) is 11.4 Å². The number of phenols is 2. The maximum atomic E-state index is 10.4.